The highest BCUT2D eigenvalue weighted by Crippen LogP contribution is 2.46. The number of nitrogens with one attached hydrogen (secondary N) is 1. The van der Waals surface area contributed by atoms with Gasteiger partial charge in [-0.25, -0.2) is 0 Å². The first-order valence-electron chi connectivity index (χ1n) is 9.30. The first-order chi connectivity index (χ1) is 13.0. The lowest BCUT2D eigenvalue weighted by Gasteiger charge is -2.31. The second-order valence-electron chi connectivity index (χ2n) is 7.33. The van der Waals surface area contributed by atoms with Gasteiger partial charge >= 0.3 is 0 Å². The van der Waals surface area contributed by atoms with Gasteiger partial charge in [-0.3, -0.25) is 9.48 Å². The van der Waals surface area contributed by atoms with Crippen LogP contribution in [0.25, 0.3) is 10.2 Å². The molecular formula is C20H21N3O3S. The number of aromatic nitrogens is 2. The van der Waals surface area contributed by atoms with Gasteiger partial charge in [-0.05, 0) is 38.0 Å². The van der Waals surface area contributed by atoms with E-state index in [2.05, 4.69) is 10.4 Å². The largest absolute Gasteiger partial charge is 0.448 e. The SMILES string of the molecule is Cc1nn(C)c2sc(C(=O)Nc3ccc4c(c3)OC3(CCCCC3)O4)cc12. The fraction of sp³-hybridized carbons (Fsp3) is 0.400. The summed E-state index contributed by atoms with van der Waals surface area (Å²) in [5, 5.41) is 8.38. The molecule has 1 aliphatic heterocycles. The topological polar surface area (TPSA) is 65.4 Å². The van der Waals surface area contributed by atoms with Crippen LogP contribution >= 0.6 is 11.3 Å². The van der Waals surface area contributed by atoms with Gasteiger partial charge in [-0.15, -0.1) is 11.3 Å². The Morgan fingerprint density at radius 1 is 1.19 bits per heavy atom. The summed E-state index contributed by atoms with van der Waals surface area (Å²) in [6.45, 7) is 1.95. The van der Waals surface area contributed by atoms with Crippen LogP contribution in [0.1, 0.15) is 47.5 Å². The highest BCUT2D eigenvalue weighted by molar-refractivity contribution is 7.20. The smallest absolute Gasteiger partial charge is 0.265 e. The van der Waals surface area contributed by atoms with Crippen molar-refractivity contribution in [1.82, 2.24) is 9.78 Å². The van der Waals surface area contributed by atoms with Gasteiger partial charge < -0.3 is 14.8 Å². The molecule has 0 radical (unpaired) electrons. The van der Waals surface area contributed by atoms with E-state index in [4.69, 9.17) is 9.47 Å². The summed E-state index contributed by atoms with van der Waals surface area (Å²) in [7, 11) is 1.90. The van der Waals surface area contributed by atoms with Crippen molar-refractivity contribution in [2.75, 3.05) is 5.32 Å². The molecule has 0 atom stereocenters. The fourth-order valence-electron chi connectivity index (χ4n) is 3.98. The van der Waals surface area contributed by atoms with Crippen LogP contribution in [0.4, 0.5) is 5.69 Å². The van der Waals surface area contributed by atoms with Crippen LogP contribution < -0.4 is 14.8 Å². The fourth-order valence-corrected chi connectivity index (χ4v) is 4.99. The van der Waals surface area contributed by atoms with Gasteiger partial charge in [-0.2, -0.15) is 5.10 Å². The number of carbonyl (C=O) groups excluding carboxylic acids is 1. The summed E-state index contributed by atoms with van der Waals surface area (Å²) in [4.78, 5) is 14.4. The lowest BCUT2D eigenvalue weighted by atomic mass is 9.94. The average molecular weight is 383 g/mol. The lowest BCUT2D eigenvalue weighted by Crippen LogP contribution is -2.40. The number of amides is 1. The molecule has 1 aliphatic carbocycles. The first kappa shape index (κ1) is 16.6. The number of hydrogen-bond donors (Lipinski definition) is 1. The van der Waals surface area contributed by atoms with Crippen LogP contribution in [0.3, 0.4) is 0 Å². The summed E-state index contributed by atoms with van der Waals surface area (Å²) in [6, 6.07) is 7.51. The molecule has 3 heterocycles. The summed E-state index contributed by atoms with van der Waals surface area (Å²) in [6.07, 6.45) is 5.31. The maximum absolute atomic E-state index is 12.7. The number of rotatable bonds is 2. The minimum atomic E-state index is -0.501. The molecular weight excluding hydrogens is 362 g/mol. The van der Waals surface area contributed by atoms with Crippen molar-refractivity contribution in [3.63, 3.8) is 0 Å². The van der Waals surface area contributed by atoms with Crippen LogP contribution in [0.5, 0.6) is 11.5 Å². The van der Waals surface area contributed by atoms with Crippen molar-refractivity contribution in [2.45, 2.75) is 44.8 Å². The molecule has 7 heteroatoms. The molecule has 0 saturated heterocycles. The zero-order valence-electron chi connectivity index (χ0n) is 15.4. The number of fused-ring (bicyclic) bond motifs is 2. The van der Waals surface area contributed by atoms with Gasteiger partial charge in [0.25, 0.3) is 11.7 Å². The van der Waals surface area contributed by atoms with Gasteiger partial charge in [0.15, 0.2) is 11.5 Å². The Balaban J connectivity index is 1.36. The van der Waals surface area contributed by atoms with Crippen LogP contribution in [0.15, 0.2) is 24.3 Å². The Morgan fingerprint density at radius 3 is 2.74 bits per heavy atom. The van der Waals surface area contributed by atoms with E-state index in [9.17, 15) is 4.79 Å². The first-order valence-corrected chi connectivity index (χ1v) is 10.1. The molecule has 5 rings (SSSR count). The number of benzene rings is 1. The molecule has 6 nitrogen and oxygen atoms in total. The molecule has 1 spiro atoms. The predicted octanol–water partition coefficient (Wildman–Crippen LogP) is 4.63. The molecule has 1 saturated carbocycles. The molecule has 1 amide bonds. The zero-order chi connectivity index (χ0) is 18.6. The second-order valence-corrected chi connectivity index (χ2v) is 8.36. The van der Waals surface area contributed by atoms with Gasteiger partial charge in [-0.1, -0.05) is 6.42 Å². The van der Waals surface area contributed by atoms with Crippen molar-refractivity contribution in [3.05, 3.63) is 34.8 Å². The third-order valence-electron chi connectivity index (χ3n) is 5.33. The van der Waals surface area contributed by atoms with E-state index in [1.807, 2.05) is 42.9 Å². The van der Waals surface area contributed by atoms with Crippen LogP contribution in [-0.2, 0) is 7.05 Å². The maximum Gasteiger partial charge on any atom is 0.265 e. The quantitative estimate of drug-likeness (QED) is 0.701. The van der Waals surface area contributed by atoms with Crippen molar-refractivity contribution >= 4 is 33.1 Å². The normalized spacial score (nSPS) is 17.6. The monoisotopic (exact) mass is 383 g/mol. The Labute approximate surface area is 161 Å². The Kier molecular flexibility index (Phi) is 3.69. The average Bonchev–Trinajstić information content (AvgIpc) is 3.30. The summed E-state index contributed by atoms with van der Waals surface area (Å²) in [5.74, 6) is 0.852. The van der Waals surface area contributed by atoms with Gasteiger partial charge in [0.05, 0.1) is 10.6 Å². The minimum absolute atomic E-state index is 0.123. The summed E-state index contributed by atoms with van der Waals surface area (Å²) in [5.41, 5.74) is 1.64. The Bertz CT molecular complexity index is 1010. The number of anilines is 1. The molecule has 0 unspecified atom stereocenters. The molecule has 0 bridgehead atoms. The molecule has 1 fully saturated rings. The van der Waals surface area contributed by atoms with Crippen molar-refractivity contribution < 1.29 is 14.3 Å². The van der Waals surface area contributed by atoms with Crippen molar-refractivity contribution in [1.29, 1.82) is 0 Å². The minimum Gasteiger partial charge on any atom is -0.448 e. The Hall–Kier alpha value is -2.54. The van der Waals surface area contributed by atoms with Gasteiger partial charge in [0.2, 0.25) is 0 Å². The molecule has 1 N–H and O–H groups in total. The van der Waals surface area contributed by atoms with E-state index < -0.39 is 5.79 Å². The summed E-state index contributed by atoms with van der Waals surface area (Å²) >= 11 is 1.45. The van der Waals surface area contributed by atoms with E-state index in [1.165, 1.54) is 17.8 Å². The Morgan fingerprint density at radius 2 is 1.96 bits per heavy atom. The standard InChI is InChI=1S/C20H21N3O3S/c1-12-14-11-17(27-19(14)23(2)22-12)18(24)21-13-6-7-15-16(10-13)26-20(25-15)8-4-3-5-9-20/h6-7,10-11H,3-5,8-9H2,1-2H3,(H,21,24). The van der Waals surface area contributed by atoms with Gasteiger partial charge in [0, 0.05) is 37.0 Å². The number of nitrogens with zero attached hydrogens (tertiary/aromatic N) is 2. The predicted molar refractivity (Wildman–Crippen MR) is 105 cm³/mol. The molecule has 27 heavy (non-hydrogen) atoms. The van der Waals surface area contributed by atoms with E-state index >= 15 is 0 Å². The number of hydrogen-bond acceptors (Lipinski definition) is 5. The van der Waals surface area contributed by atoms with E-state index in [0.717, 1.165) is 47.3 Å². The molecule has 2 aromatic heterocycles. The number of thiophene rings is 1. The lowest BCUT2D eigenvalue weighted by molar-refractivity contribution is -0.105. The molecule has 1 aromatic carbocycles. The van der Waals surface area contributed by atoms with Crippen LogP contribution in [-0.4, -0.2) is 21.5 Å². The maximum atomic E-state index is 12.7. The highest BCUT2D eigenvalue weighted by atomic mass is 32.1. The summed E-state index contributed by atoms with van der Waals surface area (Å²) < 4.78 is 14.1. The van der Waals surface area contributed by atoms with Gasteiger partial charge in [0.1, 0.15) is 4.83 Å². The molecule has 3 aromatic rings. The zero-order valence-corrected chi connectivity index (χ0v) is 16.2. The van der Waals surface area contributed by atoms with E-state index in [1.54, 1.807) is 0 Å². The third-order valence-corrected chi connectivity index (χ3v) is 6.53. The van der Waals surface area contributed by atoms with Crippen LogP contribution in [0.2, 0.25) is 0 Å². The number of ether oxygens (including phenoxy) is 2. The van der Waals surface area contributed by atoms with Crippen molar-refractivity contribution in [2.24, 2.45) is 7.05 Å². The number of aryl methyl sites for hydroxylation is 2. The molecule has 140 valence electrons. The van der Waals surface area contributed by atoms with Crippen molar-refractivity contribution in [3.8, 4) is 11.5 Å². The van der Waals surface area contributed by atoms with E-state index in [0.29, 0.717) is 16.3 Å². The molecule has 2 aliphatic rings. The number of carbonyl (C=O) groups is 1. The highest BCUT2D eigenvalue weighted by Gasteiger charge is 2.42. The van der Waals surface area contributed by atoms with E-state index in [-0.39, 0.29) is 5.91 Å². The second kappa shape index (κ2) is 5.99. The van der Waals surface area contributed by atoms with Crippen LogP contribution in [0, 0.1) is 6.92 Å². The third kappa shape index (κ3) is 2.77.